The second-order valence-corrected chi connectivity index (χ2v) is 3.70. The predicted molar refractivity (Wildman–Crippen MR) is 67.9 cm³/mol. The smallest absolute Gasteiger partial charge is 0.333 e. The van der Waals surface area contributed by atoms with E-state index in [0.717, 1.165) is 16.9 Å². The van der Waals surface area contributed by atoms with Crippen LogP contribution in [0.4, 0.5) is 0 Å². The normalized spacial score (nSPS) is 11.8. The van der Waals surface area contributed by atoms with E-state index >= 15 is 0 Å². The van der Waals surface area contributed by atoms with E-state index in [1.807, 2.05) is 31.2 Å². The Balaban J connectivity index is 2.97. The number of rotatable bonds is 4. The quantitative estimate of drug-likeness (QED) is 0.593. The Labute approximate surface area is 102 Å². The van der Waals surface area contributed by atoms with Crippen LogP contribution < -0.4 is 4.74 Å². The van der Waals surface area contributed by atoms with Crippen LogP contribution >= 0.6 is 0 Å². The molecular formula is C14H18O3. The zero-order chi connectivity index (χ0) is 12.8. The maximum Gasteiger partial charge on any atom is 0.333 e. The zero-order valence-electron chi connectivity index (χ0n) is 10.7. The summed E-state index contributed by atoms with van der Waals surface area (Å²) in [6.45, 7) is 5.88. The van der Waals surface area contributed by atoms with Gasteiger partial charge < -0.3 is 9.47 Å². The first kappa shape index (κ1) is 13.3. The minimum absolute atomic E-state index is 0.263. The number of hydrogen-bond acceptors (Lipinski definition) is 3. The highest BCUT2D eigenvalue weighted by Gasteiger charge is 2.09. The third-order valence-corrected chi connectivity index (χ3v) is 2.67. The Morgan fingerprint density at radius 2 is 1.76 bits per heavy atom. The first-order chi connectivity index (χ1) is 8.10. The van der Waals surface area contributed by atoms with Gasteiger partial charge in [0.15, 0.2) is 0 Å². The van der Waals surface area contributed by atoms with Gasteiger partial charge in [0.25, 0.3) is 0 Å². The lowest BCUT2D eigenvalue weighted by Gasteiger charge is -2.08. The fourth-order valence-corrected chi connectivity index (χ4v) is 1.45. The molecule has 1 rings (SSSR count). The van der Waals surface area contributed by atoms with Crippen LogP contribution in [0.5, 0.6) is 5.75 Å². The fraction of sp³-hybridized carbons (Fsp3) is 0.357. The Bertz CT molecular complexity index is 416. The molecule has 0 aromatic heterocycles. The first-order valence-electron chi connectivity index (χ1n) is 5.59. The van der Waals surface area contributed by atoms with Crippen molar-refractivity contribution in [2.45, 2.75) is 20.8 Å². The zero-order valence-corrected chi connectivity index (χ0v) is 10.7. The van der Waals surface area contributed by atoms with E-state index in [9.17, 15) is 4.79 Å². The van der Waals surface area contributed by atoms with Gasteiger partial charge in [-0.3, -0.25) is 0 Å². The van der Waals surface area contributed by atoms with Gasteiger partial charge in [-0.1, -0.05) is 12.1 Å². The predicted octanol–water partition coefficient (Wildman–Crippen LogP) is 3.05. The van der Waals surface area contributed by atoms with Crippen LogP contribution in [0.15, 0.2) is 29.8 Å². The average Bonchev–Trinajstić information content (AvgIpc) is 2.37. The molecule has 0 amide bonds. The summed E-state index contributed by atoms with van der Waals surface area (Å²) in [6, 6.07) is 7.60. The van der Waals surface area contributed by atoms with E-state index < -0.39 is 0 Å². The number of hydrogen-bond donors (Lipinski definition) is 0. The van der Waals surface area contributed by atoms with Crippen LogP contribution in [0, 0.1) is 0 Å². The van der Waals surface area contributed by atoms with Crippen molar-refractivity contribution in [1.29, 1.82) is 0 Å². The molecule has 0 unspecified atom stereocenters. The van der Waals surface area contributed by atoms with Gasteiger partial charge in [0.05, 0.1) is 13.7 Å². The highest BCUT2D eigenvalue weighted by atomic mass is 16.5. The summed E-state index contributed by atoms with van der Waals surface area (Å²) < 4.78 is 10.1. The molecule has 17 heavy (non-hydrogen) atoms. The van der Waals surface area contributed by atoms with E-state index in [4.69, 9.17) is 9.47 Å². The number of benzene rings is 1. The van der Waals surface area contributed by atoms with Crippen LogP contribution in [-0.4, -0.2) is 19.7 Å². The van der Waals surface area contributed by atoms with Crippen LogP contribution in [0.3, 0.4) is 0 Å². The molecule has 0 atom stereocenters. The van der Waals surface area contributed by atoms with Crippen molar-refractivity contribution in [3.05, 3.63) is 35.4 Å². The van der Waals surface area contributed by atoms with Gasteiger partial charge in [0.1, 0.15) is 5.75 Å². The third-order valence-electron chi connectivity index (χ3n) is 2.67. The van der Waals surface area contributed by atoms with Gasteiger partial charge >= 0.3 is 5.97 Å². The minimum atomic E-state index is -0.263. The first-order valence-corrected chi connectivity index (χ1v) is 5.59. The third kappa shape index (κ3) is 3.34. The van der Waals surface area contributed by atoms with Crippen LogP contribution in [0.25, 0.3) is 5.57 Å². The SMILES string of the molecule is CCOC(=O)/C(C)=C(/C)c1ccc(OC)cc1. The van der Waals surface area contributed by atoms with Crippen molar-refractivity contribution >= 4 is 11.5 Å². The van der Waals surface area contributed by atoms with E-state index in [2.05, 4.69) is 0 Å². The van der Waals surface area contributed by atoms with Gasteiger partial charge in [-0.15, -0.1) is 0 Å². The maximum absolute atomic E-state index is 11.6. The Kier molecular flexibility index (Phi) is 4.76. The summed E-state index contributed by atoms with van der Waals surface area (Å²) >= 11 is 0. The second kappa shape index (κ2) is 6.09. The molecule has 0 aliphatic heterocycles. The number of carbonyl (C=O) groups is 1. The van der Waals surface area contributed by atoms with Gasteiger partial charge in [0.2, 0.25) is 0 Å². The summed E-state index contributed by atoms with van der Waals surface area (Å²) in [4.78, 5) is 11.6. The summed E-state index contributed by atoms with van der Waals surface area (Å²) in [6.07, 6.45) is 0. The van der Waals surface area contributed by atoms with Crippen molar-refractivity contribution in [3.8, 4) is 5.75 Å². The molecule has 0 fully saturated rings. The Morgan fingerprint density at radius 1 is 1.18 bits per heavy atom. The highest BCUT2D eigenvalue weighted by molar-refractivity contribution is 5.96. The minimum Gasteiger partial charge on any atom is -0.497 e. The topological polar surface area (TPSA) is 35.5 Å². The number of allylic oxidation sites excluding steroid dienone is 1. The lowest BCUT2D eigenvalue weighted by Crippen LogP contribution is -2.06. The summed E-state index contributed by atoms with van der Waals surface area (Å²) in [5.74, 6) is 0.538. The number of esters is 1. The van der Waals surface area contributed by atoms with Crippen LogP contribution in [-0.2, 0) is 9.53 Å². The molecule has 1 aromatic rings. The van der Waals surface area contributed by atoms with E-state index in [-0.39, 0.29) is 5.97 Å². The van der Waals surface area contributed by atoms with Crippen molar-refractivity contribution in [2.24, 2.45) is 0 Å². The molecule has 3 heteroatoms. The monoisotopic (exact) mass is 234 g/mol. The van der Waals surface area contributed by atoms with Gasteiger partial charge in [-0.2, -0.15) is 0 Å². The number of ether oxygens (including phenoxy) is 2. The lowest BCUT2D eigenvalue weighted by atomic mass is 10.0. The van der Waals surface area contributed by atoms with Crippen molar-refractivity contribution in [3.63, 3.8) is 0 Å². The number of methoxy groups -OCH3 is 1. The largest absolute Gasteiger partial charge is 0.497 e. The molecule has 3 nitrogen and oxygen atoms in total. The fourth-order valence-electron chi connectivity index (χ4n) is 1.45. The van der Waals surface area contributed by atoms with Crippen LogP contribution in [0.2, 0.25) is 0 Å². The summed E-state index contributed by atoms with van der Waals surface area (Å²) in [7, 11) is 1.63. The molecule has 0 radical (unpaired) electrons. The molecule has 1 aromatic carbocycles. The van der Waals surface area contributed by atoms with Crippen molar-refractivity contribution in [1.82, 2.24) is 0 Å². The second-order valence-electron chi connectivity index (χ2n) is 3.70. The number of carbonyl (C=O) groups excluding carboxylic acids is 1. The molecule has 0 saturated carbocycles. The molecule has 0 aliphatic carbocycles. The van der Waals surface area contributed by atoms with E-state index in [1.54, 1.807) is 21.0 Å². The molecule has 0 aliphatic rings. The average molecular weight is 234 g/mol. The maximum atomic E-state index is 11.6. The van der Waals surface area contributed by atoms with E-state index in [1.165, 1.54) is 0 Å². The molecule has 0 spiro atoms. The molecule has 0 saturated heterocycles. The molecular weight excluding hydrogens is 216 g/mol. The van der Waals surface area contributed by atoms with Crippen molar-refractivity contribution < 1.29 is 14.3 Å². The molecule has 0 heterocycles. The van der Waals surface area contributed by atoms with Gasteiger partial charge in [-0.25, -0.2) is 4.79 Å². The molecule has 92 valence electrons. The summed E-state index contributed by atoms with van der Waals surface area (Å²) in [5, 5.41) is 0. The summed E-state index contributed by atoms with van der Waals surface area (Å²) in [5.41, 5.74) is 2.56. The Morgan fingerprint density at radius 3 is 2.24 bits per heavy atom. The Hall–Kier alpha value is -1.77. The van der Waals surface area contributed by atoms with Crippen molar-refractivity contribution in [2.75, 3.05) is 13.7 Å². The standard InChI is InChI=1S/C14H18O3/c1-5-17-14(15)11(3)10(2)12-6-8-13(16-4)9-7-12/h6-9H,5H2,1-4H3/b11-10-. The van der Waals surface area contributed by atoms with Crippen LogP contribution in [0.1, 0.15) is 26.3 Å². The molecule has 0 N–H and O–H groups in total. The van der Waals surface area contributed by atoms with Gasteiger partial charge in [-0.05, 0) is 44.0 Å². The highest BCUT2D eigenvalue weighted by Crippen LogP contribution is 2.21. The van der Waals surface area contributed by atoms with Gasteiger partial charge in [0, 0.05) is 5.57 Å². The molecule has 0 bridgehead atoms. The lowest BCUT2D eigenvalue weighted by molar-refractivity contribution is -0.138. The van der Waals surface area contributed by atoms with E-state index in [0.29, 0.717) is 12.2 Å².